The van der Waals surface area contributed by atoms with E-state index in [0.29, 0.717) is 12.0 Å². The van der Waals surface area contributed by atoms with Gasteiger partial charge in [-0.2, -0.15) is 8.78 Å². The summed E-state index contributed by atoms with van der Waals surface area (Å²) in [6.45, 7) is 5.41. The Morgan fingerprint density at radius 3 is 2.14 bits per heavy atom. The summed E-state index contributed by atoms with van der Waals surface area (Å²) in [5, 5.41) is 0. The van der Waals surface area contributed by atoms with Crippen LogP contribution < -0.4 is 0 Å². The number of rotatable bonds is 10. The number of hydrogen-bond donors (Lipinski definition) is 0. The first-order valence-corrected chi connectivity index (χ1v) is 9.92. The molecule has 2 aromatic carbocycles. The quantitative estimate of drug-likeness (QED) is 0.299. The third kappa shape index (κ3) is 5.57. The molecule has 0 aliphatic rings. The van der Waals surface area contributed by atoms with Crippen LogP contribution in [-0.4, -0.2) is 0 Å². The fraction of sp³-hybridized carbons (Fsp3) is 0.478. The highest BCUT2D eigenvalue weighted by molar-refractivity contribution is 5.29. The number of unbranched alkanes of at least 4 members (excludes halogenated alkanes) is 2. The number of ether oxygens (including phenoxy) is 1. The number of alkyl halides is 2. The molecule has 1 nitrogen and oxygen atoms in total. The van der Waals surface area contributed by atoms with Gasteiger partial charge in [-0.1, -0.05) is 63.4 Å². The zero-order valence-electron chi connectivity index (χ0n) is 16.7. The standard InChI is InChI=1S/C23H28F4O/c1-4-6-7-9-17-10-12-18(13-11-17)16(3)28-23(26,27)20-15-14-19(8-5-2)21(24)22(20)25/h10-16H,4-9H2,1-3H3. The van der Waals surface area contributed by atoms with E-state index in [-0.39, 0.29) is 12.0 Å². The third-order valence-corrected chi connectivity index (χ3v) is 4.84. The van der Waals surface area contributed by atoms with Crippen LogP contribution in [0.5, 0.6) is 0 Å². The molecular weight excluding hydrogens is 368 g/mol. The van der Waals surface area contributed by atoms with E-state index in [1.165, 1.54) is 13.0 Å². The molecule has 28 heavy (non-hydrogen) atoms. The largest absolute Gasteiger partial charge is 0.386 e. The van der Waals surface area contributed by atoms with Crippen molar-refractivity contribution >= 4 is 0 Å². The van der Waals surface area contributed by atoms with Crippen LogP contribution >= 0.6 is 0 Å². The predicted molar refractivity (Wildman–Crippen MR) is 103 cm³/mol. The summed E-state index contributed by atoms with van der Waals surface area (Å²) in [7, 11) is 0. The van der Waals surface area contributed by atoms with Crippen molar-refractivity contribution in [3.63, 3.8) is 0 Å². The van der Waals surface area contributed by atoms with E-state index in [1.54, 1.807) is 19.1 Å². The molecule has 0 N–H and O–H groups in total. The minimum absolute atomic E-state index is 0.0891. The van der Waals surface area contributed by atoms with Gasteiger partial charge >= 0.3 is 6.11 Å². The first-order valence-electron chi connectivity index (χ1n) is 9.92. The van der Waals surface area contributed by atoms with E-state index >= 15 is 0 Å². The van der Waals surface area contributed by atoms with Crippen LogP contribution in [-0.2, 0) is 23.7 Å². The first-order chi connectivity index (χ1) is 13.3. The van der Waals surface area contributed by atoms with Crippen LogP contribution in [0.25, 0.3) is 0 Å². The highest BCUT2D eigenvalue weighted by atomic mass is 19.3. The Hall–Kier alpha value is -1.88. The maximum Gasteiger partial charge on any atom is 0.386 e. The lowest BCUT2D eigenvalue weighted by Crippen LogP contribution is -2.23. The molecule has 0 saturated carbocycles. The second kappa shape index (κ2) is 10.1. The molecule has 0 bridgehead atoms. The van der Waals surface area contributed by atoms with Gasteiger partial charge in [0.25, 0.3) is 0 Å². The van der Waals surface area contributed by atoms with Crippen molar-refractivity contribution in [2.45, 2.75) is 71.5 Å². The van der Waals surface area contributed by atoms with E-state index in [0.717, 1.165) is 37.3 Å². The Morgan fingerprint density at radius 2 is 1.54 bits per heavy atom. The van der Waals surface area contributed by atoms with Gasteiger partial charge in [-0.25, -0.2) is 8.78 Å². The molecule has 0 aliphatic carbocycles. The van der Waals surface area contributed by atoms with Crippen molar-refractivity contribution in [3.8, 4) is 0 Å². The predicted octanol–water partition coefficient (Wildman–Crippen LogP) is 7.48. The van der Waals surface area contributed by atoms with Gasteiger partial charge in [-0.05, 0) is 48.9 Å². The first kappa shape index (κ1) is 22.4. The molecule has 0 spiro atoms. The molecule has 0 aromatic heterocycles. The van der Waals surface area contributed by atoms with E-state index in [1.807, 2.05) is 12.1 Å². The van der Waals surface area contributed by atoms with Crippen molar-refractivity contribution in [1.29, 1.82) is 0 Å². The molecule has 1 unspecified atom stereocenters. The van der Waals surface area contributed by atoms with Crippen LogP contribution in [0, 0.1) is 11.6 Å². The van der Waals surface area contributed by atoms with E-state index < -0.39 is 29.4 Å². The second-order valence-electron chi connectivity index (χ2n) is 7.13. The lowest BCUT2D eigenvalue weighted by Gasteiger charge is -2.23. The summed E-state index contributed by atoms with van der Waals surface area (Å²) < 4.78 is 62.1. The molecule has 2 aromatic rings. The molecule has 0 heterocycles. The summed E-state index contributed by atoms with van der Waals surface area (Å²) in [6.07, 6.45) is 0.269. The molecular formula is C23H28F4O. The second-order valence-corrected chi connectivity index (χ2v) is 7.13. The molecule has 0 amide bonds. The normalized spacial score (nSPS) is 13.0. The maximum absolute atomic E-state index is 14.5. The van der Waals surface area contributed by atoms with Crippen LogP contribution in [0.1, 0.15) is 74.8 Å². The van der Waals surface area contributed by atoms with E-state index in [2.05, 4.69) is 6.92 Å². The Bertz CT molecular complexity index is 756. The lowest BCUT2D eigenvalue weighted by molar-refractivity contribution is -0.273. The fourth-order valence-corrected chi connectivity index (χ4v) is 3.16. The fourth-order valence-electron chi connectivity index (χ4n) is 3.16. The molecule has 1 atom stereocenters. The average Bonchev–Trinajstić information content (AvgIpc) is 2.66. The van der Waals surface area contributed by atoms with Gasteiger partial charge in [-0.15, -0.1) is 0 Å². The highest BCUT2D eigenvalue weighted by Crippen LogP contribution is 2.37. The monoisotopic (exact) mass is 396 g/mol. The topological polar surface area (TPSA) is 9.23 Å². The molecule has 154 valence electrons. The maximum atomic E-state index is 14.5. The van der Waals surface area contributed by atoms with Gasteiger partial charge in [-0.3, -0.25) is 0 Å². The molecule has 0 radical (unpaired) electrons. The van der Waals surface area contributed by atoms with Crippen LogP contribution in [0.3, 0.4) is 0 Å². The average molecular weight is 396 g/mol. The molecule has 0 fully saturated rings. The highest BCUT2D eigenvalue weighted by Gasteiger charge is 2.39. The van der Waals surface area contributed by atoms with Crippen LogP contribution in [0.15, 0.2) is 36.4 Å². The minimum atomic E-state index is -3.94. The van der Waals surface area contributed by atoms with Crippen LogP contribution in [0.4, 0.5) is 17.6 Å². The summed E-state index contributed by atoms with van der Waals surface area (Å²) >= 11 is 0. The van der Waals surface area contributed by atoms with Gasteiger partial charge in [0.15, 0.2) is 11.6 Å². The number of benzene rings is 2. The minimum Gasteiger partial charge on any atom is -0.309 e. The molecule has 2 rings (SSSR count). The summed E-state index contributed by atoms with van der Waals surface area (Å²) in [6, 6.07) is 9.37. The molecule has 5 heteroatoms. The zero-order valence-corrected chi connectivity index (χ0v) is 16.7. The van der Waals surface area contributed by atoms with Gasteiger partial charge in [0.05, 0.1) is 11.7 Å². The Morgan fingerprint density at radius 1 is 0.857 bits per heavy atom. The van der Waals surface area contributed by atoms with Gasteiger partial charge in [0.1, 0.15) is 0 Å². The van der Waals surface area contributed by atoms with E-state index in [9.17, 15) is 17.6 Å². The van der Waals surface area contributed by atoms with Crippen molar-refractivity contribution in [2.24, 2.45) is 0 Å². The van der Waals surface area contributed by atoms with Gasteiger partial charge in [0.2, 0.25) is 0 Å². The lowest BCUT2D eigenvalue weighted by atomic mass is 10.0. The van der Waals surface area contributed by atoms with Crippen LogP contribution in [0.2, 0.25) is 0 Å². The van der Waals surface area contributed by atoms with Crippen molar-refractivity contribution in [3.05, 3.63) is 70.3 Å². The van der Waals surface area contributed by atoms with Gasteiger partial charge < -0.3 is 4.74 Å². The van der Waals surface area contributed by atoms with Crippen molar-refractivity contribution in [1.82, 2.24) is 0 Å². The SMILES string of the molecule is CCCCCc1ccc(C(C)OC(F)(F)c2ccc(CCC)c(F)c2F)cc1. The number of hydrogen-bond acceptors (Lipinski definition) is 1. The zero-order chi connectivity index (χ0) is 20.7. The van der Waals surface area contributed by atoms with Crippen molar-refractivity contribution < 1.29 is 22.3 Å². The van der Waals surface area contributed by atoms with Crippen molar-refractivity contribution in [2.75, 3.05) is 0 Å². The summed E-state index contributed by atoms with van der Waals surface area (Å²) in [5.74, 6) is -2.78. The third-order valence-electron chi connectivity index (χ3n) is 4.84. The Kier molecular flexibility index (Phi) is 8.05. The number of aryl methyl sites for hydroxylation is 2. The smallest absolute Gasteiger partial charge is 0.309 e. The summed E-state index contributed by atoms with van der Waals surface area (Å²) in [5.41, 5.74) is 0.706. The number of halogens is 4. The molecule has 0 aliphatic heterocycles. The van der Waals surface area contributed by atoms with E-state index in [4.69, 9.17) is 4.74 Å². The summed E-state index contributed by atoms with van der Waals surface area (Å²) in [4.78, 5) is 0. The molecule has 0 saturated heterocycles. The van der Waals surface area contributed by atoms with Gasteiger partial charge in [0, 0.05) is 0 Å². The Balaban J connectivity index is 2.11. The Labute approximate surface area is 164 Å².